The minimum Gasteiger partial charge on any atom is -0.311 e. The molecule has 3 N–H and O–H groups in total. The molecule has 0 spiro atoms. The van der Waals surface area contributed by atoms with Gasteiger partial charge in [0.1, 0.15) is 5.70 Å². The lowest BCUT2D eigenvalue weighted by Crippen LogP contribution is -2.47. The average Bonchev–Trinajstić information content (AvgIpc) is 2.89. The van der Waals surface area contributed by atoms with Crippen LogP contribution in [0.1, 0.15) is 25.7 Å². The van der Waals surface area contributed by atoms with Crippen LogP contribution in [-0.4, -0.2) is 23.6 Å². The minimum atomic E-state index is -2.68. The molecule has 1 saturated heterocycles. The number of nitrogens with zero attached hydrogens (tertiary/aromatic N) is 1. The second kappa shape index (κ2) is 2.92. The predicted octanol–water partition coefficient (Wildman–Crippen LogP) is 1.18. The SMILES string of the molecule is NC1NN2CCCC(F)(F)C2=C1C1CC1. The van der Waals surface area contributed by atoms with Crippen molar-refractivity contribution in [1.29, 1.82) is 0 Å². The van der Waals surface area contributed by atoms with E-state index in [1.807, 2.05) is 0 Å². The number of nitrogens with two attached hydrogens (primary N) is 1. The number of allylic oxidation sites excluding steroid dienone is 1. The molecular weight excluding hydrogens is 200 g/mol. The van der Waals surface area contributed by atoms with E-state index in [4.69, 9.17) is 5.73 Å². The summed E-state index contributed by atoms with van der Waals surface area (Å²) in [4.78, 5) is 0. The number of nitrogens with one attached hydrogen (secondary N) is 1. The van der Waals surface area contributed by atoms with Crippen LogP contribution in [0.15, 0.2) is 11.3 Å². The van der Waals surface area contributed by atoms with Gasteiger partial charge in [-0.05, 0) is 30.8 Å². The van der Waals surface area contributed by atoms with Gasteiger partial charge in [-0.3, -0.25) is 0 Å². The molecule has 3 rings (SSSR count). The molecule has 1 atom stereocenters. The number of hydrazine groups is 1. The van der Waals surface area contributed by atoms with Gasteiger partial charge in [-0.2, -0.15) is 8.78 Å². The van der Waals surface area contributed by atoms with Crippen molar-refractivity contribution in [3.63, 3.8) is 0 Å². The molecule has 5 heteroatoms. The number of hydrogen-bond donors (Lipinski definition) is 2. The first kappa shape index (κ1) is 9.54. The summed E-state index contributed by atoms with van der Waals surface area (Å²) < 4.78 is 27.6. The summed E-state index contributed by atoms with van der Waals surface area (Å²) in [6.07, 6.45) is 2.12. The number of piperidine rings is 1. The standard InChI is InChI=1S/C10H15F2N3/c11-10(12)4-1-5-15-8(10)7(6-2-3-6)9(13)14-15/h6,9,14H,1-5,13H2. The fourth-order valence-electron chi connectivity index (χ4n) is 2.61. The van der Waals surface area contributed by atoms with E-state index in [1.165, 1.54) is 0 Å². The van der Waals surface area contributed by atoms with Crippen molar-refractivity contribution in [2.24, 2.45) is 11.7 Å². The third-order valence-corrected chi connectivity index (χ3v) is 3.41. The van der Waals surface area contributed by atoms with E-state index < -0.39 is 12.1 Å². The molecule has 2 aliphatic heterocycles. The maximum atomic E-state index is 13.8. The van der Waals surface area contributed by atoms with Gasteiger partial charge in [0.05, 0.1) is 6.17 Å². The topological polar surface area (TPSA) is 41.3 Å². The second-order valence-corrected chi connectivity index (χ2v) is 4.64. The van der Waals surface area contributed by atoms with Gasteiger partial charge in [0, 0.05) is 13.0 Å². The van der Waals surface area contributed by atoms with Gasteiger partial charge in [-0.1, -0.05) is 0 Å². The largest absolute Gasteiger partial charge is 0.311 e. The van der Waals surface area contributed by atoms with E-state index in [1.54, 1.807) is 5.01 Å². The van der Waals surface area contributed by atoms with Crippen LogP contribution in [-0.2, 0) is 0 Å². The minimum absolute atomic E-state index is 0.0382. The third-order valence-electron chi connectivity index (χ3n) is 3.41. The van der Waals surface area contributed by atoms with Crippen LogP contribution >= 0.6 is 0 Å². The lowest BCUT2D eigenvalue weighted by molar-refractivity contribution is -0.0274. The molecule has 15 heavy (non-hydrogen) atoms. The summed E-state index contributed by atoms with van der Waals surface area (Å²) in [7, 11) is 0. The molecule has 2 heterocycles. The Labute approximate surface area is 87.3 Å². The fourth-order valence-corrected chi connectivity index (χ4v) is 2.61. The van der Waals surface area contributed by atoms with Gasteiger partial charge >= 0.3 is 0 Å². The molecule has 0 amide bonds. The highest BCUT2D eigenvalue weighted by Crippen LogP contribution is 2.48. The molecule has 1 unspecified atom stereocenters. The molecule has 2 fully saturated rings. The molecule has 0 aromatic heterocycles. The summed E-state index contributed by atoms with van der Waals surface area (Å²) >= 11 is 0. The average molecular weight is 215 g/mol. The zero-order chi connectivity index (χ0) is 10.6. The van der Waals surface area contributed by atoms with E-state index in [9.17, 15) is 8.78 Å². The number of alkyl halides is 2. The molecule has 84 valence electrons. The normalized spacial score (nSPS) is 34.6. The summed E-state index contributed by atoms with van der Waals surface area (Å²) in [6, 6.07) is 0. The van der Waals surface area contributed by atoms with Crippen LogP contribution in [0.3, 0.4) is 0 Å². The van der Waals surface area contributed by atoms with E-state index >= 15 is 0 Å². The van der Waals surface area contributed by atoms with E-state index in [-0.39, 0.29) is 12.1 Å². The Bertz CT molecular complexity index is 323. The predicted molar refractivity (Wildman–Crippen MR) is 51.7 cm³/mol. The monoisotopic (exact) mass is 215 g/mol. The van der Waals surface area contributed by atoms with Crippen LogP contribution in [0.5, 0.6) is 0 Å². The maximum absolute atomic E-state index is 13.8. The zero-order valence-corrected chi connectivity index (χ0v) is 8.47. The Morgan fingerprint density at radius 2 is 2.13 bits per heavy atom. The van der Waals surface area contributed by atoms with Crippen LogP contribution in [0, 0.1) is 5.92 Å². The molecule has 1 aliphatic carbocycles. The first-order chi connectivity index (χ1) is 7.09. The van der Waals surface area contributed by atoms with Gasteiger partial charge in [0.2, 0.25) is 0 Å². The third kappa shape index (κ3) is 1.37. The molecule has 3 aliphatic rings. The van der Waals surface area contributed by atoms with Crippen molar-refractivity contribution in [3.8, 4) is 0 Å². The van der Waals surface area contributed by atoms with Crippen molar-refractivity contribution < 1.29 is 8.78 Å². The summed E-state index contributed by atoms with van der Waals surface area (Å²) in [5, 5.41) is 1.57. The molecule has 1 saturated carbocycles. The van der Waals surface area contributed by atoms with Crippen molar-refractivity contribution in [2.45, 2.75) is 37.8 Å². The molecule has 0 bridgehead atoms. The lowest BCUT2D eigenvalue weighted by atomic mass is 9.98. The molecule has 3 nitrogen and oxygen atoms in total. The lowest BCUT2D eigenvalue weighted by Gasteiger charge is -2.33. The van der Waals surface area contributed by atoms with Gasteiger partial charge in [0.15, 0.2) is 0 Å². The number of hydrogen-bond acceptors (Lipinski definition) is 3. The van der Waals surface area contributed by atoms with Gasteiger partial charge in [-0.25, -0.2) is 5.43 Å². The molecular formula is C10H15F2N3. The van der Waals surface area contributed by atoms with Crippen LogP contribution < -0.4 is 11.2 Å². The number of halogens is 2. The highest BCUT2D eigenvalue weighted by molar-refractivity contribution is 5.33. The number of fused-ring (bicyclic) bond motifs is 1. The van der Waals surface area contributed by atoms with Gasteiger partial charge in [-0.15, -0.1) is 0 Å². The van der Waals surface area contributed by atoms with E-state index in [0.717, 1.165) is 18.4 Å². The Kier molecular flexibility index (Phi) is 1.86. The van der Waals surface area contributed by atoms with Gasteiger partial charge < -0.3 is 10.7 Å². The second-order valence-electron chi connectivity index (χ2n) is 4.64. The number of rotatable bonds is 1. The zero-order valence-electron chi connectivity index (χ0n) is 8.47. The van der Waals surface area contributed by atoms with Crippen molar-refractivity contribution in [2.75, 3.05) is 6.54 Å². The first-order valence-electron chi connectivity index (χ1n) is 5.51. The quantitative estimate of drug-likeness (QED) is 0.690. The summed E-state index contributed by atoms with van der Waals surface area (Å²) in [6.45, 7) is 0.648. The van der Waals surface area contributed by atoms with Crippen molar-refractivity contribution in [1.82, 2.24) is 10.4 Å². The van der Waals surface area contributed by atoms with E-state index in [2.05, 4.69) is 5.43 Å². The highest BCUT2D eigenvalue weighted by atomic mass is 19.3. The van der Waals surface area contributed by atoms with Crippen molar-refractivity contribution >= 4 is 0 Å². The Morgan fingerprint density at radius 3 is 2.80 bits per heavy atom. The smallest absolute Gasteiger partial charge is 0.288 e. The Hall–Kier alpha value is -0.680. The molecule has 0 aromatic carbocycles. The Balaban J connectivity index is 2.03. The Morgan fingerprint density at radius 1 is 1.40 bits per heavy atom. The van der Waals surface area contributed by atoms with E-state index in [0.29, 0.717) is 18.9 Å². The highest BCUT2D eigenvalue weighted by Gasteiger charge is 2.50. The molecule has 0 radical (unpaired) electrons. The first-order valence-corrected chi connectivity index (χ1v) is 5.51. The summed E-state index contributed by atoms with van der Waals surface area (Å²) in [5.41, 5.74) is 9.74. The van der Waals surface area contributed by atoms with Crippen LogP contribution in [0.25, 0.3) is 0 Å². The maximum Gasteiger partial charge on any atom is 0.288 e. The van der Waals surface area contributed by atoms with Gasteiger partial charge in [0.25, 0.3) is 5.92 Å². The van der Waals surface area contributed by atoms with Crippen LogP contribution in [0.2, 0.25) is 0 Å². The fraction of sp³-hybridized carbons (Fsp3) is 0.800. The molecule has 0 aromatic rings. The summed E-state index contributed by atoms with van der Waals surface area (Å²) in [5.74, 6) is -2.38. The van der Waals surface area contributed by atoms with Crippen LogP contribution in [0.4, 0.5) is 8.78 Å². The van der Waals surface area contributed by atoms with Crippen molar-refractivity contribution in [3.05, 3.63) is 11.3 Å².